The van der Waals surface area contributed by atoms with Crippen LogP contribution in [0.2, 0.25) is 0 Å². The van der Waals surface area contributed by atoms with Crippen LogP contribution in [0.5, 0.6) is 0 Å². The van der Waals surface area contributed by atoms with E-state index in [4.69, 9.17) is 19.4 Å². The third-order valence-electron chi connectivity index (χ3n) is 9.52. The summed E-state index contributed by atoms with van der Waals surface area (Å²) in [7, 11) is 0. The Kier molecular flexibility index (Phi) is 6.15. The first kappa shape index (κ1) is 27.5. The van der Waals surface area contributed by atoms with Crippen molar-refractivity contribution in [2.45, 2.75) is 0 Å². The lowest BCUT2D eigenvalue weighted by molar-refractivity contribution is 0.673. The average Bonchev–Trinajstić information content (AvgIpc) is 3.58. The molecule has 0 aliphatic carbocycles. The fourth-order valence-electron chi connectivity index (χ4n) is 7.16. The Morgan fingerprint density at radius 1 is 0.347 bits per heavy atom. The van der Waals surface area contributed by atoms with Crippen molar-refractivity contribution in [1.82, 2.24) is 15.0 Å². The Morgan fingerprint density at radius 2 is 0.918 bits per heavy atom. The highest BCUT2D eigenvalue weighted by molar-refractivity contribution is 6.30. The zero-order chi connectivity index (χ0) is 32.3. The molecule has 0 aliphatic rings. The number of hydrogen-bond donors (Lipinski definition) is 0. The minimum absolute atomic E-state index is 0.621. The van der Waals surface area contributed by atoms with E-state index in [1.54, 1.807) is 0 Å². The molecule has 4 heteroatoms. The molecule has 2 aromatic heterocycles. The van der Waals surface area contributed by atoms with Crippen molar-refractivity contribution in [3.05, 3.63) is 164 Å². The van der Waals surface area contributed by atoms with Crippen molar-refractivity contribution in [3.63, 3.8) is 0 Å². The summed E-state index contributed by atoms with van der Waals surface area (Å²) in [6, 6.07) is 56.8. The van der Waals surface area contributed by atoms with Crippen molar-refractivity contribution in [2.75, 3.05) is 0 Å². The summed E-state index contributed by atoms with van der Waals surface area (Å²) < 4.78 is 6.51. The molecule has 49 heavy (non-hydrogen) atoms. The molecule has 2 heterocycles. The molecular weight excluding hydrogens is 599 g/mol. The van der Waals surface area contributed by atoms with Crippen LogP contribution >= 0.6 is 0 Å². The van der Waals surface area contributed by atoms with Crippen molar-refractivity contribution in [2.24, 2.45) is 0 Å². The fourth-order valence-corrected chi connectivity index (χ4v) is 7.16. The van der Waals surface area contributed by atoms with Crippen molar-refractivity contribution < 1.29 is 4.42 Å². The molecule has 0 fully saturated rings. The third kappa shape index (κ3) is 4.49. The minimum Gasteiger partial charge on any atom is -0.455 e. The van der Waals surface area contributed by atoms with E-state index in [0.29, 0.717) is 17.5 Å². The SMILES string of the molecule is c1ccc(-c2ccc(-c3nc(-c4ccc5c6ccccc6c6oc7ccccc7c6c5c4)nc(-c4cccc5ccccc45)n3)cc2)cc1. The predicted octanol–water partition coefficient (Wildman–Crippen LogP) is 11.9. The molecule has 0 aliphatic heterocycles. The van der Waals surface area contributed by atoms with Crippen LogP contribution in [0.4, 0.5) is 0 Å². The van der Waals surface area contributed by atoms with E-state index in [1.807, 2.05) is 18.2 Å². The van der Waals surface area contributed by atoms with Crippen LogP contribution in [0, 0.1) is 0 Å². The highest BCUT2D eigenvalue weighted by Crippen LogP contribution is 2.42. The smallest absolute Gasteiger partial charge is 0.164 e. The van der Waals surface area contributed by atoms with Crippen LogP contribution in [0.25, 0.3) is 99.5 Å². The summed E-state index contributed by atoms with van der Waals surface area (Å²) in [5.41, 5.74) is 6.90. The second-order valence-electron chi connectivity index (χ2n) is 12.4. The summed E-state index contributed by atoms with van der Waals surface area (Å²) in [6.45, 7) is 0. The third-order valence-corrected chi connectivity index (χ3v) is 9.52. The average molecular weight is 626 g/mol. The molecule has 0 saturated carbocycles. The maximum absolute atomic E-state index is 6.51. The Bertz CT molecular complexity index is 2870. The highest BCUT2D eigenvalue weighted by Gasteiger charge is 2.19. The van der Waals surface area contributed by atoms with Gasteiger partial charge in [-0.3, -0.25) is 0 Å². The van der Waals surface area contributed by atoms with Gasteiger partial charge in [-0.2, -0.15) is 0 Å². The standard InChI is InChI=1S/C45H27N3O/c1-2-11-28(12-3-1)29-21-23-31(24-22-29)43-46-44(48-45(47-43)37-19-10-14-30-13-4-5-15-33(30)37)32-25-26-35-34-16-6-7-17-36(34)42-41(39(35)27-32)38-18-8-9-20-40(38)49-42/h1-27H. The predicted molar refractivity (Wildman–Crippen MR) is 201 cm³/mol. The second-order valence-corrected chi connectivity index (χ2v) is 12.4. The van der Waals surface area contributed by atoms with E-state index >= 15 is 0 Å². The fraction of sp³-hybridized carbons (Fsp3) is 0. The number of aromatic nitrogens is 3. The molecule has 0 N–H and O–H groups in total. The van der Waals surface area contributed by atoms with Crippen molar-refractivity contribution in [3.8, 4) is 45.3 Å². The normalized spacial score (nSPS) is 11.7. The number of rotatable bonds is 4. The van der Waals surface area contributed by atoms with E-state index in [9.17, 15) is 0 Å². The molecule has 10 rings (SSSR count). The van der Waals surface area contributed by atoms with Gasteiger partial charge in [0.25, 0.3) is 0 Å². The molecule has 4 nitrogen and oxygen atoms in total. The van der Waals surface area contributed by atoms with Gasteiger partial charge >= 0.3 is 0 Å². The first-order valence-electron chi connectivity index (χ1n) is 16.4. The molecule has 0 bridgehead atoms. The molecular formula is C45H27N3O. The Morgan fingerprint density at radius 3 is 1.76 bits per heavy atom. The molecule has 0 radical (unpaired) electrons. The lowest BCUT2D eigenvalue weighted by Crippen LogP contribution is -2.00. The Hall–Kier alpha value is -6.65. The van der Waals surface area contributed by atoms with Gasteiger partial charge in [0, 0.05) is 32.8 Å². The summed E-state index contributed by atoms with van der Waals surface area (Å²) >= 11 is 0. The van der Waals surface area contributed by atoms with Crippen LogP contribution < -0.4 is 0 Å². The van der Waals surface area contributed by atoms with E-state index in [2.05, 4.69) is 146 Å². The molecule has 0 atom stereocenters. The van der Waals surface area contributed by atoms with E-state index in [0.717, 1.165) is 71.1 Å². The number of para-hydroxylation sites is 1. The van der Waals surface area contributed by atoms with Gasteiger partial charge in [-0.25, -0.2) is 15.0 Å². The molecule has 8 aromatic carbocycles. The highest BCUT2D eigenvalue weighted by atomic mass is 16.3. The zero-order valence-corrected chi connectivity index (χ0v) is 26.3. The van der Waals surface area contributed by atoms with Gasteiger partial charge in [-0.15, -0.1) is 0 Å². The van der Waals surface area contributed by atoms with Gasteiger partial charge in [0.1, 0.15) is 11.2 Å². The van der Waals surface area contributed by atoms with Gasteiger partial charge in [0.15, 0.2) is 17.5 Å². The van der Waals surface area contributed by atoms with Gasteiger partial charge < -0.3 is 4.42 Å². The zero-order valence-electron chi connectivity index (χ0n) is 26.3. The van der Waals surface area contributed by atoms with Gasteiger partial charge in [-0.1, -0.05) is 152 Å². The number of furan rings is 1. The van der Waals surface area contributed by atoms with Gasteiger partial charge in [-0.05, 0) is 50.2 Å². The number of nitrogens with zero attached hydrogens (tertiary/aromatic N) is 3. The minimum atomic E-state index is 0.621. The monoisotopic (exact) mass is 625 g/mol. The maximum Gasteiger partial charge on any atom is 0.164 e. The van der Waals surface area contributed by atoms with E-state index in [-0.39, 0.29) is 0 Å². The molecule has 228 valence electrons. The maximum atomic E-state index is 6.51. The van der Waals surface area contributed by atoms with Crippen LogP contribution in [0.3, 0.4) is 0 Å². The quantitative estimate of drug-likeness (QED) is 0.183. The summed E-state index contributed by atoms with van der Waals surface area (Å²) in [6.07, 6.45) is 0. The first-order chi connectivity index (χ1) is 24.3. The van der Waals surface area contributed by atoms with Crippen molar-refractivity contribution >= 4 is 54.3 Å². The largest absolute Gasteiger partial charge is 0.455 e. The van der Waals surface area contributed by atoms with Crippen molar-refractivity contribution in [1.29, 1.82) is 0 Å². The first-order valence-corrected chi connectivity index (χ1v) is 16.4. The lowest BCUT2D eigenvalue weighted by Gasteiger charge is -2.12. The molecule has 10 aromatic rings. The summed E-state index contributed by atoms with van der Waals surface area (Å²) in [5, 5.41) is 8.97. The Balaban J connectivity index is 1.22. The van der Waals surface area contributed by atoms with Gasteiger partial charge in [0.2, 0.25) is 0 Å². The number of benzene rings is 8. The lowest BCUT2D eigenvalue weighted by atomic mass is 9.95. The summed E-state index contributed by atoms with van der Waals surface area (Å²) in [5.74, 6) is 1.89. The molecule has 0 unspecified atom stereocenters. The second kappa shape index (κ2) is 11.0. The van der Waals surface area contributed by atoms with Crippen LogP contribution in [0.1, 0.15) is 0 Å². The van der Waals surface area contributed by atoms with E-state index in [1.165, 1.54) is 10.9 Å². The molecule has 0 saturated heterocycles. The molecule has 0 amide bonds. The van der Waals surface area contributed by atoms with Crippen LogP contribution in [-0.2, 0) is 0 Å². The van der Waals surface area contributed by atoms with E-state index < -0.39 is 0 Å². The Labute approximate surface area is 282 Å². The molecule has 0 spiro atoms. The van der Waals surface area contributed by atoms with Crippen LogP contribution in [-0.4, -0.2) is 15.0 Å². The van der Waals surface area contributed by atoms with Crippen LogP contribution in [0.15, 0.2) is 168 Å². The topological polar surface area (TPSA) is 51.8 Å². The number of hydrogen-bond acceptors (Lipinski definition) is 4. The van der Waals surface area contributed by atoms with Gasteiger partial charge in [0.05, 0.1) is 0 Å². The summed E-state index contributed by atoms with van der Waals surface area (Å²) in [4.78, 5) is 15.4. The number of fused-ring (bicyclic) bond motifs is 9.